The van der Waals surface area contributed by atoms with E-state index < -0.39 is 5.25 Å². The van der Waals surface area contributed by atoms with Gasteiger partial charge in [-0.1, -0.05) is 30.0 Å². The number of para-hydroxylation sites is 1. The third kappa shape index (κ3) is 4.01. The van der Waals surface area contributed by atoms with E-state index in [4.69, 9.17) is 9.47 Å². The minimum absolute atomic E-state index is 0.128. The second-order valence-electron chi connectivity index (χ2n) is 7.96. The maximum atomic E-state index is 13.0. The lowest BCUT2D eigenvalue weighted by Gasteiger charge is -2.14. The lowest BCUT2D eigenvalue weighted by Crippen LogP contribution is -2.23. The fourth-order valence-corrected chi connectivity index (χ4v) is 4.64. The predicted molar refractivity (Wildman–Crippen MR) is 130 cm³/mol. The molecule has 4 aromatic rings. The Hall–Kier alpha value is -3.79. The minimum atomic E-state index is -0.421. The fraction of sp³-hybridized carbons (Fsp3) is 0.250. The van der Waals surface area contributed by atoms with E-state index in [1.54, 1.807) is 4.68 Å². The summed E-state index contributed by atoms with van der Waals surface area (Å²) in [5, 5.41) is 16.5. The third-order valence-corrected chi connectivity index (χ3v) is 6.73. The molecule has 1 atom stereocenters. The largest absolute Gasteiger partial charge is 0.454 e. The van der Waals surface area contributed by atoms with Crippen molar-refractivity contribution in [3.8, 4) is 28.6 Å². The smallest absolute Gasteiger partial charge is 0.237 e. The average Bonchev–Trinajstić information content (AvgIpc) is 3.53. The van der Waals surface area contributed by atoms with Crippen LogP contribution in [-0.2, 0) is 11.8 Å². The monoisotopic (exact) mass is 476 g/mol. The summed E-state index contributed by atoms with van der Waals surface area (Å²) in [6, 6.07) is 15.5. The van der Waals surface area contributed by atoms with Crippen molar-refractivity contribution in [1.29, 1.82) is 0 Å². The molecule has 0 aliphatic carbocycles. The highest BCUT2D eigenvalue weighted by atomic mass is 32.2. The van der Waals surface area contributed by atoms with Gasteiger partial charge < -0.3 is 14.8 Å². The van der Waals surface area contributed by atoms with Crippen LogP contribution in [0.1, 0.15) is 18.3 Å². The van der Waals surface area contributed by atoms with Gasteiger partial charge in [-0.3, -0.25) is 14.0 Å². The minimum Gasteiger partial charge on any atom is -0.454 e. The van der Waals surface area contributed by atoms with Gasteiger partial charge in [0, 0.05) is 18.3 Å². The highest BCUT2D eigenvalue weighted by Gasteiger charge is 2.24. The number of hydrogen-bond donors (Lipinski definition) is 1. The van der Waals surface area contributed by atoms with Crippen molar-refractivity contribution >= 4 is 23.4 Å². The van der Waals surface area contributed by atoms with Gasteiger partial charge in [0.15, 0.2) is 22.5 Å². The second-order valence-corrected chi connectivity index (χ2v) is 9.27. The number of carbonyl (C=O) groups is 1. The average molecular weight is 477 g/mol. The Kier molecular flexibility index (Phi) is 5.74. The van der Waals surface area contributed by atoms with Crippen molar-refractivity contribution < 1.29 is 14.3 Å². The number of nitrogens with one attached hydrogen (secondary N) is 1. The zero-order valence-corrected chi connectivity index (χ0v) is 20.1. The summed E-state index contributed by atoms with van der Waals surface area (Å²) < 4.78 is 14.7. The molecule has 1 N–H and O–H groups in total. The van der Waals surface area contributed by atoms with E-state index in [0.717, 1.165) is 28.3 Å². The van der Waals surface area contributed by atoms with Gasteiger partial charge in [0.25, 0.3) is 0 Å². The first-order valence-corrected chi connectivity index (χ1v) is 11.7. The Morgan fingerprint density at radius 3 is 2.59 bits per heavy atom. The van der Waals surface area contributed by atoms with Crippen LogP contribution in [0.4, 0.5) is 5.69 Å². The van der Waals surface area contributed by atoms with Gasteiger partial charge in [0.1, 0.15) is 0 Å². The van der Waals surface area contributed by atoms with E-state index in [2.05, 4.69) is 20.6 Å². The Labute approximate surface area is 201 Å². The molecular weight excluding hydrogens is 452 g/mol. The van der Waals surface area contributed by atoms with Crippen LogP contribution in [0.5, 0.6) is 11.5 Å². The van der Waals surface area contributed by atoms with Gasteiger partial charge in [0.2, 0.25) is 12.7 Å². The molecule has 2 aromatic heterocycles. The highest BCUT2D eigenvalue weighted by molar-refractivity contribution is 8.00. The van der Waals surface area contributed by atoms with Crippen LogP contribution in [0.3, 0.4) is 0 Å². The van der Waals surface area contributed by atoms with Gasteiger partial charge in [-0.05, 0) is 51.1 Å². The zero-order chi connectivity index (χ0) is 23.8. The van der Waals surface area contributed by atoms with Crippen LogP contribution in [0.25, 0.3) is 17.1 Å². The number of amides is 1. The molecule has 1 aliphatic heterocycles. The Balaban J connectivity index is 1.46. The van der Waals surface area contributed by atoms with Crippen LogP contribution in [-0.4, -0.2) is 42.5 Å². The summed E-state index contributed by atoms with van der Waals surface area (Å²) in [6.45, 7) is 5.86. The van der Waals surface area contributed by atoms with E-state index >= 15 is 0 Å². The Bertz CT molecular complexity index is 1360. The summed E-state index contributed by atoms with van der Waals surface area (Å²) in [4.78, 5) is 13.0. The molecule has 0 radical (unpaired) electrons. The molecule has 0 fully saturated rings. The van der Waals surface area contributed by atoms with Crippen LogP contribution >= 0.6 is 11.8 Å². The van der Waals surface area contributed by atoms with Crippen LogP contribution < -0.4 is 14.8 Å². The Morgan fingerprint density at radius 1 is 1.09 bits per heavy atom. The first-order chi connectivity index (χ1) is 16.4. The zero-order valence-electron chi connectivity index (χ0n) is 19.3. The predicted octanol–water partition coefficient (Wildman–Crippen LogP) is 4.13. The summed E-state index contributed by atoms with van der Waals surface area (Å²) in [7, 11) is 1.86. The lowest BCUT2D eigenvalue weighted by molar-refractivity contribution is -0.115. The molecule has 10 heteroatoms. The van der Waals surface area contributed by atoms with E-state index in [1.165, 1.54) is 11.8 Å². The van der Waals surface area contributed by atoms with Crippen molar-refractivity contribution in [3.63, 3.8) is 0 Å². The number of nitrogens with zero attached hydrogens (tertiary/aromatic N) is 5. The summed E-state index contributed by atoms with van der Waals surface area (Å²) >= 11 is 1.35. The molecule has 34 heavy (non-hydrogen) atoms. The Morgan fingerprint density at radius 2 is 1.85 bits per heavy atom. The van der Waals surface area contributed by atoms with Gasteiger partial charge in [-0.2, -0.15) is 5.10 Å². The standard InChI is InChI=1S/C24H24N6O3S/c1-14-21(15(2)29(4)28-14)25-23(31)16(3)34-24-27-26-22(30(24)18-8-6-5-7-9-18)17-10-11-19-20(12-17)33-13-32-19/h5-12,16H,13H2,1-4H3,(H,25,31). The van der Waals surface area contributed by atoms with E-state index in [-0.39, 0.29) is 12.7 Å². The number of carbonyl (C=O) groups excluding carboxylic acids is 1. The number of rotatable bonds is 6. The number of anilines is 1. The maximum Gasteiger partial charge on any atom is 0.237 e. The van der Waals surface area contributed by atoms with Crippen LogP contribution in [0.2, 0.25) is 0 Å². The number of fused-ring (bicyclic) bond motifs is 1. The van der Waals surface area contributed by atoms with Crippen molar-refractivity contribution in [1.82, 2.24) is 24.5 Å². The molecule has 0 bridgehead atoms. The molecule has 9 nitrogen and oxygen atoms in total. The van der Waals surface area contributed by atoms with Crippen LogP contribution in [0, 0.1) is 13.8 Å². The van der Waals surface area contributed by atoms with E-state index in [1.807, 2.05) is 80.9 Å². The number of benzene rings is 2. The van der Waals surface area contributed by atoms with Gasteiger partial charge in [0.05, 0.1) is 22.3 Å². The van der Waals surface area contributed by atoms with Gasteiger partial charge in [-0.15, -0.1) is 10.2 Å². The molecule has 1 aliphatic rings. The first-order valence-electron chi connectivity index (χ1n) is 10.8. The molecule has 174 valence electrons. The van der Waals surface area contributed by atoms with Crippen molar-refractivity contribution in [3.05, 3.63) is 59.9 Å². The van der Waals surface area contributed by atoms with Crippen molar-refractivity contribution in [2.45, 2.75) is 31.2 Å². The van der Waals surface area contributed by atoms with E-state index in [0.29, 0.717) is 22.5 Å². The number of hydrogen-bond acceptors (Lipinski definition) is 7. The SMILES string of the molecule is Cc1nn(C)c(C)c1NC(=O)C(C)Sc1nnc(-c2ccc3c(c2)OCO3)n1-c1ccccc1. The fourth-order valence-electron chi connectivity index (χ4n) is 3.77. The highest BCUT2D eigenvalue weighted by Crippen LogP contribution is 2.37. The normalized spacial score (nSPS) is 13.2. The van der Waals surface area contributed by atoms with Crippen molar-refractivity contribution in [2.24, 2.45) is 7.05 Å². The van der Waals surface area contributed by atoms with Gasteiger partial charge >= 0.3 is 0 Å². The van der Waals surface area contributed by atoms with Crippen molar-refractivity contribution in [2.75, 3.05) is 12.1 Å². The molecule has 1 amide bonds. The van der Waals surface area contributed by atoms with Crippen LogP contribution in [0.15, 0.2) is 53.7 Å². The summed E-state index contributed by atoms with van der Waals surface area (Å²) in [6.07, 6.45) is 0. The van der Waals surface area contributed by atoms with Gasteiger partial charge in [-0.25, -0.2) is 0 Å². The lowest BCUT2D eigenvalue weighted by atomic mass is 10.2. The molecule has 0 saturated heterocycles. The quantitative estimate of drug-likeness (QED) is 0.418. The molecule has 1 unspecified atom stereocenters. The molecule has 5 rings (SSSR count). The number of aryl methyl sites for hydroxylation is 2. The number of aromatic nitrogens is 5. The number of thioether (sulfide) groups is 1. The summed E-state index contributed by atoms with van der Waals surface area (Å²) in [5.41, 5.74) is 4.16. The molecule has 2 aromatic carbocycles. The molecule has 0 saturated carbocycles. The first kappa shape index (κ1) is 22.0. The maximum absolute atomic E-state index is 13.0. The molecule has 3 heterocycles. The number of ether oxygens (including phenoxy) is 2. The van der Waals surface area contributed by atoms with E-state index in [9.17, 15) is 4.79 Å². The topological polar surface area (TPSA) is 96.1 Å². The molecular formula is C24H24N6O3S. The summed E-state index contributed by atoms with van der Waals surface area (Å²) in [5.74, 6) is 1.90. The molecule has 0 spiro atoms. The third-order valence-electron chi connectivity index (χ3n) is 5.69. The second kappa shape index (κ2) is 8.86.